The van der Waals surface area contributed by atoms with E-state index in [4.69, 9.17) is 16.3 Å². The Morgan fingerprint density at radius 3 is 2.64 bits per heavy atom. The van der Waals surface area contributed by atoms with Gasteiger partial charge in [-0.1, -0.05) is 31.2 Å². The topological polar surface area (TPSA) is 66.9 Å². The summed E-state index contributed by atoms with van der Waals surface area (Å²) in [5.74, 6) is -0.815. The third kappa shape index (κ3) is 4.60. The number of hydrogen-bond donors (Lipinski definition) is 0. The Morgan fingerprint density at radius 2 is 1.96 bits per heavy atom. The van der Waals surface area contributed by atoms with Gasteiger partial charge >= 0.3 is 0 Å². The maximum atomic E-state index is 13.0. The average Bonchev–Trinajstić information content (AvgIpc) is 2.90. The number of imide groups is 1. The first-order valence-corrected chi connectivity index (χ1v) is 14.5. The van der Waals surface area contributed by atoms with E-state index in [1.54, 1.807) is 6.07 Å². The third-order valence-corrected chi connectivity index (χ3v) is 7.72. The number of amides is 3. The highest BCUT2D eigenvalue weighted by Crippen LogP contribution is 2.34. The van der Waals surface area contributed by atoms with Gasteiger partial charge in [-0.05, 0) is 47.2 Å². The second-order valence-corrected chi connectivity index (χ2v) is 15.7. The van der Waals surface area contributed by atoms with E-state index < -0.39 is 14.1 Å². The minimum atomic E-state index is -1.25. The van der Waals surface area contributed by atoms with Gasteiger partial charge in [-0.2, -0.15) is 0 Å². The van der Waals surface area contributed by atoms with Gasteiger partial charge in [-0.25, -0.2) is 0 Å². The van der Waals surface area contributed by atoms with Gasteiger partial charge in [0, 0.05) is 47.4 Å². The standard InChI is InChI=1S/C19H24ClIN2O4Si/c1-28(2,3)7-6-27-11-23-17(24)5-4-16(19(23)26)22-10-14-13(18(22)25)8-12(21)9-15(14)20/h8-9,16H,4-7,10-11H2,1-3H3. The van der Waals surface area contributed by atoms with E-state index in [1.807, 2.05) is 6.07 Å². The van der Waals surface area contributed by atoms with E-state index in [0.29, 0.717) is 30.2 Å². The molecule has 3 rings (SSSR count). The molecule has 1 saturated heterocycles. The molecule has 0 aliphatic carbocycles. The molecule has 0 radical (unpaired) electrons. The second kappa shape index (κ2) is 8.41. The highest BCUT2D eigenvalue weighted by atomic mass is 127. The summed E-state index contributed by atoms with van der Waals surface area (Å²) in [6.07, 6.45) is 0.552. The summed E-state index contributed by atoms with van der Waals surface area (Å²) in [6.45, 7) is 7.50. The first-order valence-electron chi connectivity index (χ1n) is 9.29. The molecule has 0 bridgehead atoms. The van der Waals surface area contributed by atoms with Crippen molar-refractivity contribution < 1.29 is 19.1 Å². The Morgan fingerprint density at radius 1 is 1.25 bits per heavy atom. The van der Waals surface area contributed by atoms with Crippen LogP contribution in [0.4, 0.5) is 0 Å². The lowest BCUT2D eigenvalue weighted by molar-refractivity contribution is -0.158. The van der Waals surface area contributed by atoms with Crippen LogP contribution in [-0.4, -0.2) is 55.0 Å². The fraction of sp³-hybridized carbons (Fsp3) is 0.526. The fourth-order valence-corrected chi connectivity index (χ4v) is 5.23. The summed E-state index contributed by atoms with van der Waals surface area (Å²) in [4.78, 5) is 40.8. The van der Waals surface area contributed by atoms with Crippen molar-refractivity contribution >= 4 is 60.0 Å². The summed E-state index contributed by atoms with van der Waals surface area (Å²) in [5, 5.41) is 0.531. The molecule has 2 aliphatic heterocycles. The minimum absolute atomic E-state index is 0.0493. The van der Waals surface area contributed by atoms with Crippen LogP contribution in [0.25, 0.3) is 0 Å². The van der Waals surface area contributed by atoms with Gasteiger partial charge in [0.05, 0.1) is 0 Å². The molecule has 0 N–H and O–H groups in total. The van der Waals surface area contributed by atoms with Crippen molar-refractivity contribution in [2.45, 2.75) is 51.1 Å². The number of carbonyl (C=O) groups is 3. The molecule has 0 aromatic heterocycles. The monoisotopic (exact) mass is 534 g/mol. The van der Waals surface area contributed by atoms with Gasteiger partial charge in [0.1, 0.15) is 12.8 Å². The zero-order chi connectivity index (χ0) is 20.6. The molecule has 152 valence electrons. The van der Waals surface area contributed by atoms with Crippen LogP contribution in [0.3, 0.4) is 0 Å². The Kier molecular flexibility index (Phi) is 6.53. The van der Waals surface area contributed by atoms with Crippen LogP contribution in [0.5, 0.6) is 0 Å². The summed E-state index contributed by atoms with van der Waals surface area (Å²) in [5.41, 5.74) is 1.29. The Labute approximate surface area is 184 Å². The molecule has 1 aromatic carbocycles. The van der Waals surface area contributed by atoms with Gasteiger partial charge in [-0.15, -0.1) is 0 Å². The molecule has 1 unspecified atom stereocenters. The quantitative estimate of drug-likeness (QED) is 0.241. The summed E-state index contributed by atoms with van der Waals surface area (Å²) in [7, 11) is -1.25. The van der Waals surface area contributed by atoms with E-state index in [9.17, 15) is 14.4 Å². The van der Waals surface area contributed by atoms with E-state index in [0.717, 1.165) is 20.1 Å². The zero-order valence-electron chi connectivity index (χ0n) is 16.3. The molecular formula is C19H24ClIN2O4Si. The summed E-state index contributed by atoms with van der Waals surface area (Å²) < 4.78 is 6.49. The predicted molar refractivity (Wildman–Crippen MR) is 118 cm³/mol. The summed E-state index contributed by atoms with van der Waals surface area (Å²) >= 11 is 8.42. The van der Waals surface area contributed by atoms with E-state index in [-0.39, 0.29) is 30.9 Å². The number of halogens is 2. The normalized spacial score (nSPS) is 20.2. The van der Waals surface area contributed by atoms with Gasteiger partial charge in [0.15, 0.2) is 0 Å². The van der Waals surface area contributed by atoms with Crippen LogP contribution in [-0.2, 0) is 20.9 Å². The molecule has 9 heteroatoms. The lowest BCUT2D eigenvalue weighted by Crippen LogP contribution is -2.55. The average molecular weight is 535 g/mol. The number of benzene rings is 1. The number of likely N-dealkylation sites (tertiary alicyclic amines) is 1. The number of hydrogen-bond acceptors (Lipinski definition) is 4. The molecule has 6 nitrogen and oxygen atoms in total. The molecule has 28 heavy (non-hydrogen) atoms. The lowest BCUT2D eigenvalue weighted by Gasteiger charge is -2.35. The van der Waals surface area contributed by atoms with Gasteiger partial charge in [-0.3, -0.25) is 19.3 Å². The molecule has 3 amide bonds. The molecule has 1 atom stereocenters. The Bertz CT molecular complexity index is 827. The van der Waals surface area contributed by atoms with Crippen LogP contribution in [0, 0.1) is 3.57 Å². The minimum Gasteiger partial charge on any atom is -0.361 e. The maximum Gasteiger partial charge on any atom is 0.255 e. The zero-order valence-corrected chi connectivity index (χ0v) is 20.2. The fourth-order valence-electron chi connectivity index (χ4n) is 3.38. The highest BCUT2D eigenvalue weighted by Gasteiger charge is 2.43. The van der Waals surface area contributed by atoms with Crippen LogP contribution >= 0.6 is 34.2 Å². The van der Waals surface area contributed by atoms with Gasteiger partial charge < -0.3 is 9.64 Å². The largest absolute Gasteiger partial charge is 0.361 e. The molecule has 0 saturated carbocycles. The van der Waals surface area contributed by atoms with Crippen LogP contribution < -0.4 is 0 Å². The van der Waals surface area contributed by atoms with Crippen molar-refractivity contribution in [3.63, 3.8) is 0 Å². The second-order valence-electron chi connectivity index (χ2n) is 8.41. The van der Waals surface area contributed by atoms with Crippen molar-refractivity contribution in [1.29, 1.82) is 0 Å². The maximum absolute atomic E-state index is 13.0. The molecule has 1 fully saturated rings. The molecule has 1 aromatic rings. The van der Waals surface area contributed by atoms with Crippen molar-refractivity contribution in [1.82, 2.24) is 9.80 Å². The van der Waals surface area contributed by atoms with Crippen LogP contribution in [0.2, 0.25) is 30.7 Å². The summed E-state index contributed by atoms with van der Waals surface area (Å²) in [6, 6.07) is 3.90. The van der Waals surface area contributed by atoms with Gasteiger partial charge in [0.2, 0.25) is 5.91 Å². The molecular weight excluding hydrogens is 511 g/mol. The number of carbonyl (C=O) groups excluding carboxylic acids is 3. The van der Waals surface area contributed by atoms with Crippen molar-refractivity contribution in [3.05, 3.63) is 31.9 Å². The third-order valence-electron chi connectivity index (χ3n) is 5.06. The first kappa shape index (κ1) is 21.7. The van der Waals surface area contributed by atoms with Crippen LogP contribution in [0.1, 0.15) is 28.8 Å². The van der Waals surface area contributed by atoms with Crippen LogP contribution in [0.15, 0.2) is 12.1 Å². The number of fused-ring (bicyclic) bond motifs is 1. The number of piperidine rings is 1. The number of ether oxygens (including phenoxy) is 1. The van der Waals surface area contributed by atoms with E-state index in [1.165, 1.54) is 4.90 Å². The smallest absolute Gasteiger partial charge is 0.255 e. The predicted octanol–water partition coefficient (Wildman–Crippen LogP) is 3.73. The highest BCUT2D eigenvalue weighted by molar-refractivity contribution is 14.1. The van der Waals surface area contributed by atoms with Crippen molar-refractivity contribution in [2.75, 3.05) is 13.3 Å². The van der Waals surface area contributed by atoms with Crippen molar-refractivity contribution in [3.8, 4) is 0 Å². The molecule has 2 aliphatic rings. The Hall–Kier alpha value is -0.973. The number of nitrogens with zero attached hydrogens (tertiary/aromatic N) is 2. The lowest BCUT2D eigenvalue weighted by atomic mass is 10.0. The van der Waals surface area contributed by atoms with Gasteiger partial charge in [0.25, 0.3) is 11.8 Å². The van der Waals surface area contributed by atoms with E-state index in [2.05, 4.69) is 42.2 Å². The molecule has 2 heterocycles. The van der Waals surface area contributed by atoms with E-state index >= 15 is 0 Å². The first-order chi connectivity index (χ1) is 13.1. The SMILES string of the molecule is C[Si](C)(C)CCOCN1C(=O)CCC(N2Cc3c(Cl)cc(I)cc3C2=O)C1=O. The molecule has 0 spiro atoms. The Balaban J connectivity index is 1.70. The van der Waals surface area contributed by atoms with Crippen molar-refractivity contribution in [2.24, 2.45) is 0 Å². The number of rotatable bonds is 6.